The van der Waals surface area contributed by atoms with Crippen LogP contribution >= 0.6 is 0 Å². The highest BCUT2D eigenvalue weighted by Gasteiger charge is 2.40. The van der Waals surface area contributed by atoms with Gasteiger partial charge in [0.15, 0.2) is 0 Å². The van der Waals surface area contributed by atoms with Crippen LogP contribution in [0.25, 0.3) is 0 Å². The lowest BCUT2D eigenvalue weighted by atomic mass is 10.00. The molecular weight excluding hydrogens is 234 g/mol. The van der Waals surface area contributed by atoms with Crippen LogP contribution < -0.4 is 0 Å². The molecule has 1 N–H and O–H groups in total. The number of carbonyl (C=O) groups is 1. The van der Waals surface area contributed by atoms with E-state index in [0.29, 0.717) is 19.7 Å². The standard InChI is InChI=1S/C13H23NO4/c1-9-4-5-17-11(9)12(16)14-6-10(7-15)18-13(2,3)8-14/h9-11,15H,4-8H2,1-3H3. The highest BCUT2D eigenvalue weighted by atomic mass is 16.5. The van der Waals surface area contributed by atoms with Crippen molar-refractivity contribution in [2.45, 2.75) is 45.0 Å². The van der Waals surface area contributed by atoms with Gasteiger partial charge in [-0.25, -0.2) is 0 Å². The molecule has 104 valence electrons. The van der Waals surface area contributed by atoms with Crippen LogP contribution in [-0.2, 0) is 14.3 Å². The number of aliphatic hydroxyl groups excluding tert-OH is 1. The normalized spacial score (nSPS) is 35.8. The van der Waals surface area contributed by atoms with Gasteiger partial charge in [-0.05, 0) is 26.2 Å². The summed E-state index contributed by atoms with van der Waals surface area (Å²) in [4.78, 5) is 14.2. The van der Waals surface area contributed by atoms with Gasteiger partial charge in [-0.3, -0.25) is 4.79 Å². The second-order valence-electron chi connectivity index (χ2n) is 5.96. The van der Waals surface area contributed by atoms with Crippen molar-refractivity contribution in [3.05, 3.63) is 0 Å². The van der Waals surface area contributed by atoms with E-state index in [9.17, 15) is 9.90 Å². The number of amides is 1. The average molecular weight is 257 g/mol. The van der Waals surface area contributed by atoms with Gasteiger partial charge in [-0.2, -0.15) is 0 Å². The molecule has 0 aromatic rings. The Morgan fingerprint density at radius 3 is 2.78 bits per heavy atom. The Morgan fingerprint density at radius 1 is 1.50 bits per heavy atom. The molecule has 2 aliphatic heterocycles. The minimum atomic E-state index is -0.414. The largest absolute Gasteiger partial charge is 0.394 e. The Bertz CT molecular complexity index is 318. The zero-order valence-electron chi connectivity index (χ0n) is 11.4. The highest BCUT2D eigenvalue weighted by molar-refractivity contribution is 5.81. The van der Waals surface area contributed by atoms with Gasteiger partial charge >= 0.3 is 0 Å². The number of carbonyl (C=O) groups excluding carboxylic acids is 1. The van der Waals surface area contributed by atoms with Crippen molar-refractivity contribution >= 4 is 5.91 Å². The molecule has 1 amide bonds. The first kappa shape index (κ1) is 13.8. The van der Waals surface area contributed by atoms with E-state index in [0.717, 1.165) is 6.42 Å². The van der Waals surface area contributed by atoms with Gasteiger partial charge in [-0.15, -0.1) is 0 Å². The minimum Gasteiger partial charge on any atom is -0.394 e. The molecule has 2 rings (SSSR count). The van der Waals surface area contributed by atoms with Crippen molar-refractivity contribution in [2.24, 2.45) is 5.92 Å². The third-order valence-corrected chi connectivity index (χ3v) is 3.63. The summed E-state index contributed by atoms with van der Waals surface area (Å²) in [7, 11) is 0. The zero-order chi connectivity index (χ0) is 13.3. The maximum absolute atomic E-state index is 12.4. The van der Waals surface area contributed by atoms with Gasteiger partial charge in [0.05, 0.1) is 18.3 Å². The van der Waals surface area contributed by atoms with Gasteiger partial charge in [0.25, 0.3) is 5.91 Å². The number of nitrogens with zero attached hydrogens (tertiary/aromatic N) is 1. The molecule has 3 unspecified atom stereocenters. The van der Waals surface area contributed by atoms with Gasteiger partial charge in [0, 0.05) is 19.7 Å². The fourth-order valence-corrected chi connectivity index (χ4v) is 2.75. The van der Waals surface area contributed by atoms with Crippen molar-refractivity contribution in [1.82, 2.24) is 4.90 Å². The smallest absolute Gasteiger partial charge is 0.252 e. The summed E-state index contributed by atoms with van der Waals surface area (Å²) in [6, 6.07) is 0. The van der Waals surface area contributed by atoms with E-state index in [2.05, 4.69) is 0 Å². The number of hydrogen-bond acceptors (Lipinski definition) is 4. The van der Waals surface area contributed by atoms with E-state index >= 15 is 0 Å². The van der Waals surface area contributed by atoms with Crippen molar-refractivity contribution < 1.29 is 19.4 Å². The van der Waals surface area contributed by atoms with Crippen LogP contribution in [0.15, 0.2) is 0 Å². The van der Waals surface area contributed by atoms with Crippen molar-refractivity contribution in [3.63, 3.8) is 0 Å². The summed E-state index contributed by atoms with van der Waals surface area (Å²) < 4.78 is 11.2. The average Bonchev–Trinajstić information content (AvgIpc) is 2.72. The van der Waals surface area contributed by atoms with Crippen LogP contribution in [0.1, 0.15) is 27.2 Å². The van der Waals surface area contributed by atoms with Crippen LogP contribution in [0, 0.1) is 5.92 Å². The Labute approximate surface area is 108 Å². The SMILES string of the molecule is CC1CCOC1C(=O)N1CC(CO)OC(C)(C)C1. The monoisotopic (exact) mass is 257 g/mol. The molecule has 18 heavy (non-hydrogen) atoms. The molecule has 2 heterocycles. The first-order valence-electron chi connectivity index (χ1n) is 6.62. The maximum atomic E-state index is 12.4. The molecule has 0 aliphatic carbocycles. The summed E-state index contributed by atoms with van der Waals surface area (Å²) in [6.07, 6.45) is 0.320. The molecule has 0 aromatic heterocycles. The number of hydrogen-bond donors (Lipinski definition) is 1. The Hall–Kier alpha value is -0.650. The second-order valence-corrected chi connectivity index (χ2v) is 5.96. The molecule has 0 spiro atoms. The molecule has 0 saturated carbocycles. The quantitative estimate of drug-likeness (QED) is 0.778. The lowest BCUT2D eigenvalue weighted by Crippen LogP contribution is -2.57. The van der Waals surface area contributed by atoms with E-state index in [1.165, 1.54) is 0 Å². The molecule has 2 fully saturated rings. The summed E-state index contributed by atoms with van der Waals surface area (Å²) in [6.45, 7) is 7.52. The van der Waals surface area contributed by atoms with E-state index in [1.54, 1.807) is 4.90 Å². The predicted molar refractivity (Wildman–Crippen MR) is 66.1 cm³/mol. The van der Waals surface area contributed by atoms with E-state index < -0.39 is 5.60 Å². The first-order chi connectivity index (χ1) is 8.43. The van der Waals surface area contributed by atoms with Crippen molar-refractivity contribution in [1.29, 1.82) is 0 Å². The van der Waals surface area contributed by atoms with Crippen LogP contribution in [0.3, 0.4) is 0 Å². The van der Waals surface area contributed by atoms with E-state index in [4.69, 9.17) is 9.47 Å². The lowest BCUT2D eigenvalue weighted by molar-refractivity contribution is -0.174. The minimum absolute atomic E-state index is 0.0369. The fraction of sp³-hybridized carbons (Fsp3) is 0.923. The summed E-state index contributed by atoms with van der Waals surface area (Å²) >= 11 is 0. The van der Waals surface area contributed by atoms with Crippen LogP contribution in [-0.4, -0.2) is 60.0 Å². The topological polar surface area (TPSA) is 59.0 Å². The van der Waals surface area contributed by atoms with Crippen molar-refractivity contribution in [2.75, 3.05) is 26.3 Å². The van der Waals surface area contributed by atoms with Crippen LogP contribution in [0.5, 0.6) is 0 Å². The third kappa shape index (κ3) is 2.84. The molecule has 0 aromatic carbocycles. The summed E-state index contributed by atoms with van der Waals surface area (Å²) in [5, 5.41) is 9.25. The van der Waals surface area contributed by atoms with Crippen LogP contribution in [0.4, 0.5) is 0 Å². The fourth-order valence-electron chi connectivity index (χ4n) is 2.75. The number of rotatable bonds is 2. The predicted octanol–water partition coefficient (Wildman–Crippen LogP) is 0.410. The molecule has 3 atom stereocenters. The first-order valence-corrected chi connectivity index (χ1v) is 6.62. The van der Waals surface area contributed by atoms with Crippen molar-refractivity contribution in [3.8, 4) is 0 Å². The molecule has 2 saturated heterocycles. The van der Waals surface area contributed by atoms with E-state index in [1.807, 2.05) is 20.8 Å². The van der Waals surface area contributed by atoms with Gasteiger partial charge in [0.2, 0.25) is 0 Å². The summed E-state index contributed by atoms with van der Waals surface area (Å²) in [5.74, 6) is 0.311. The molecule has 2 aliphatic rings. The molecular formula is C13H23NO4. The molecule has 5 heteroatoms. The Balaban J connectivity index is 2.05. The highest BCUT2D eigenvalue weighted by Crippen LogP contribution is 2.26. The third-order valence-electron chi connectivity index (χ3n) is 3.63. The van der Waals surface area contributed by atoms with Gasteiger partial charge < -0.3 is 19.5 Å². The van der Waals surface area contributed by atoms with Gasteiger partial charge in [0.1, 0.15) is 6.10 Å². The lowest BCUT2D eigenvalue weighted by Gasteiger charge is -2.43. The van der Waals surface area contributed by atoms with E-state index in [-0.39, 0.29) is 30.6 Å². The van der Waals surface area contributed by atoms with Crippen LogP contribution in [0.2, 0.25) is 0 Å². The summed E-state index contributed by atoms with van der Waals surface area (Å²) in [5.41, 5.74) is -0.414. The number of morpholine rings is 1. The maximum Gasteiger partial charge on any atom is 0.252 e. The Morgan fingerprint density at radius 2 is 2.22 bits per heavy atom. The molecule has 0 bridgehead atoms. The number of ether oxygens (including phenoxy) is 2. The second kappa shape index (κ2) is 5.15. The Kier molecular flexibility index (Phi) is 3.94. The van der Waals surface area contributed by atoms with Gasteiger partial charge in [-0.1, -0.05) is 6.92 Å². The number of aliphatic hydroxyl groups is 1. The zero-order valence-corrected chi connectivity index (χ0v) is 11.4. The molecule has 5 nitrogen and oxygen atoms in total. The molecule has 0 radical (unpaired) electrons.